The third-order valence-electron chi connectivity index (χ3n) is 4.67. The van der Waals surface area contributed by atoms with Crippen molar-refractivity contribution in [3.05, 3.63) is 11.6 Å². The van der Waals surface area contributed by atoms with E-state index in [0.717, 1.165) is 45.5 Å². The summed E-state index contributed by atoms with van der Waals surface area (Å²) < 4.78 is 11.6. The molecule has 2 fully saturated rings. The van der Waals surface area contributed by atoms with Crippen LogP contribution in [0.3, 0.4) is 0 Å². The number of rotatable bonds is 1. The molecule has 2 heterocycles. The monoisotopic (exact) mass is 270 g/mol. The molecule has 102 valence electrons. The van der Waals surface area contributed by atoms with E-state index >= 15 is 0 Å². The minimum atomic E-state index is 0.0257. The standard InChI is InChI=1S/C15H23ClO2/c16-14-4-2-1-3-12(9-14)13-5-7-18-15(10-13)6-8-17-11-15/h9,13-14H,1-8,10-11H2. The second-order valence-corrected chi connectivity index (χ2v) is 6.59. The number of allylic oxidation sites excluding steroid dienone is 2. The van der Waals surface area contributed by atoms with Gasteiger partial charge in [-0.2, -0.15) is 0 Å². The van der Waals surface area contributed by atoms with Gasteiger partial charge in [0.2, 0.25) is 0 Å². The molecule has 3 heteroatoms. The van der Waals surface area contributed by atoms with Crippen molar-refractivity contribution in [2.45, 2.75) is 55.9 Å². The zero-order valence-electron chi connectivity index (χ0n) is 11.0. The molecular weight excluding hydrogens is 248 g/mol. The molecule has 18 heavy (non-hydrogen) atoms. The maximum atomic E-state index is 6.35. The summed E-state index contributed by atoms with van der Waals surface area (Å²) in [7, 11) is 0. The molecule has 2 saturated heterocycles. The van der Waals surface area contributed by atoms with E-state index in [1.165, 1.54) is 19.3 Å². The molecule has 0 aromatic carbocycles. The number of hydrogen-bond donors (Lipinski definition) is 0. The highest BCUT2D eigenvalue weighted by atomic mass is 35.5. The molecule has 2 nitrogen and oxygen atoms in total. The van der Waals surface area contributed by atoms with Gasteiger partial charge in [0.15, 0.2) is 0 Å². The minimum absolute atomic E-state index is 0.0257. The molecule has 2 aliphatic heterocycles. The Labute approximate surface area is 115 Å². The van der Waals surface area contributed by atoms with Crippen molar-refractivity contribution >= 4 is 11.6 Å². The van der Waals surface area contributed by atoms with Crippen LogP contribution >= 0.6 is 11.6 Å². The molecular formula is C15H23ClO2. The van der Waals surface area contributed by atoms with Gasteiger partial charge in [0.1, 0.15) is 0 Å². The van der Waals surface area contributed by atoms with Gasteiger partial charge < -0.3 is 9.47 Å². The summed E-state index contributed by atoms with van der Waals surface area (Å²) in [5.74, 6) is 0.680. The van der Waals surface area contributed by atoms with Crippen LogP contribution < -0.4 is 0 Å². The van der Waals surface area contributed by atoms with Gasteiger partial charge >= 0.3 is 0 Å². The van der Waals surface area contributed by atoms with Crippen molar-refractivity contribution in [1.82, 2.24) is 0 Å². The highest BCUT2D eigenvalue weighted by Gasteiger charge is 2.41. The van der Waals surface area contributed by atoms with Gasteiger partial charge in [-0.05, 0) is 38.0 Å². The topological polar surface area (TPSA) is 18.5 Å². The summed E-state index contributed by atoms with van der Waals surface area (Å²) in [4.78, 5) is 0. The number of halogens is 1. The first-order chi connectivity index (χ1) is 8.77. The van der Waals surface area contributed by atoms with Gasteiger partial charge in [0.25, 0.3) is 0 Å². The van der Waals surface area contributed by atoms with E-state index in [2.05, 4.69) is 6.08 Å². The second kappa shape index (κ2) is 5.52. The van der Waals surface area contributed by atoms with Crippen molar-refractivity contribution < 1.29 is 9.47 Å². The summed E-state index contributed by atoms with van der Waals surface area (Å²) in [6.45, 7) is 2.54. The first kappa shape index (κ1) is 13.0. The Kier molecular flexibility index (Phi) is 3.97. The Morgan fingerprint density at radius 2 is 2.17 bits per heavy atom. The molecule has 0 bridgehead atoms. The third-order valence-corrected chi connectivity index (χ3v) is 5.02. The summed E-state index contributed by atoms with van der Waals surface area (Å²) in [5.41, 5.74) is 1.62. The van der Waals surface area contributed by atoms with Crippen molar-refractivity contribution in [3.8, 4) is 0 Å². The number of hydrogen-bond acceptors (Lipinski definition) is 2. The molecule has 0 N–H and O–H groups in total. The van der Waals surface area contributed by atoms with Gasteiger partial charge in [-0.15, -0.1) is 11.6 Å². The van der Waals surface area contributed by atoms with E-state index in [-0.39, 0.29) is 11.0 Å². The van der Waals surface area contributed by atoms with Crippen molar-refractivity contribution in [1.29, 1.82) is 0 Å². The normalized spacial score (nSPS) is 41.7. The lowest BCUT2D eigenvalue weighted by molar-refractivity contribution is -0.0928. The first-order valence-corrected chi connectivity index (χ1v) is 7.77. The van der Waals surface area contributed by atoms with E-state index in [1.54, 1.807) is 5.57 Å². The molecule has 3 aliphatic rings. The van der Waals surface area contributed by atoms with Crippen LogP contribution in [0.15, 0.2) is 11.6 Å². The van der Waals surface area contributed by atoms with Gasteiger partial charge in [-0.1, -0.05) is 18.1 Å². The van der Waals surface area contributed by atoms with Gasteiger partial charge in [-0.25, -0.2) is 0 Å². The Bertz CT molecular complexity index is 320. The van der Waals surface area contributed by atoms with Crippen LogP contribution in [0.1, 0.15) is 44.9 Å². The van der Waals surface area contributed by atoms with E-state index in [4.69, 9.17) is 21.1 Å². The summed E-state index contributed by atoms with van der Waals surface area (Å²) in [5, 5.41) is 0.251. The van der Waals surface area contributed by atoms with Crippen LogP contribution in [0.2, 0.25) is 0 Å². The largest absolute Gasteiger partial charge is 0.378 e. The number of ether oxygens (including phenoxy) is 2. The molecule has 3 unspecified atom stereocenters. The van der Waals surface area contributed by atoms with Crippen LogP contribution in [0.5, 0.6) is 0 Å². The minimum Gasteiger partial charge on any atom is -0.378 e. The van der Waals surface area contributed by atoms with Crippen LogP contribution in [-0.2, 0) is 9.47 Å². The van der Waals surface area contributed by atoms with E-state index in [9.17, 15) is 0 Å². The van der Waals surface area contributed by atoms with Crippen molar-refractivity contribution in [2.75, 3.05) is 19.8 Å². The third kappa shape index (κ3) is 2.76. The van der Waals surface area contributed by atoms with E-state index in [1.807, 2.05) is 0 Å². The SMILES string of the molecule is ClC1C=C(C2CCOC3(CCOC3)C2)CCCC1. The predicted molar refractivity (Wildman–Crippen MR) is 73.0 cm³/mol. The highest BCUT2D eigenvalue weighted by molar-refractivity contribution is 6.21. The van der Waals surface area contributed by atoms with Gasteiger partial charge in [0.05, 0.1) is 17.6 Å². The Balaban J connectivity index is 1.71. The predicted octanol–water partition coefficient (Wildman–Crippen LogP) is 3.68. The zero-order chi connectivity index (χ0) is 12.4. The Morgan fingerprint density at radius 1 is 1.22 bits per heavy atom. The average molecular weight is 271 g/mol. The molecule has 3 rings (SSSR count). The molecule has 3 atom stereocenters. The molecule has 0 saturated carbocycles. The molecule has 0 radical (unpaired) electrons. The maximum absolute atomic E-state index is 6.35. The summed E-state index contributed by atoms with van der Waals surface area (Å²) in [6.07, 6.45) is 10.7. The first-order valence-electron chi connectivity index (χ1n) is 7.34. The molecule has 0 aromatic rings. The molecule has 0 aromatic heterocycles. The smallest absolute Gasteiger partial charge is 0.0942 e. The van der Waals surface area contributed by atoms with Crippen LogP contribution in [0.4, 0.5) is 0 Å². The van der Waals surface area contributed by atoms with Crippen LogP contribution in [0.25, 0.3) is 0 Å². The van der Waals surface area contributed by atoms with Crippen molar-refractivity contribution in [2.24, 2.45) is 5.92 Å². The van der Waals surface area contributed by atoms with E-state index in [0.29, 0.717) is 5.92 Å². The summed E-state index contributed by atoms with van der Waals surface area (Å²) >= 11 is 6.35. The fourth-order valence-electron chi connectivity index (χ4n) is 3.62. The molecule has 1 aliphatic carbocycles. The molecule has 1 spiro atoms. The van der Waals surface area contributed by atoms with Crippen LogP contribution in [-0.4, -0.2) is 30.8 Å². The molecule has 0 amide bonds. The Hall–Kier alpha value is -0.0500. The number of alkyl halides is 1. The van der Waals surface area contributed by atoms with Crippen molar-refractivity contribution in [3.63, 3.8) is 0 Å². The van der Waals surface area contributed by atoms with Crippen LogP contribution in [0, 0.1) is 5.92 Å². The van der Waals surface area contributed by atoms with Gasteiger partial charge in [0, 0.05) is 19.6 Å². The fraction of sp³-hybridized carbons (Fsp3) is 0.867. The van der Waals surface area contributed by atoms with Gasteiger partial charge in [-0.3, -0.25) is 0 Å². The Morgan fingerprint density at radius 3 is 3.00 bits per heavy atom. The second-order valence-electron chi connectivity index (χ2n) is 6.03. The highest BCUT2D eigenvalue weighted by Crippen LogP contribution is 2.40. The summed E-state index contributed by atoms with van der Waals surface area (Å²) in [6, 6.07) is 0. The lowest BCUT2D eigenvalue weighted by atomic mass is 9.79. The quantitative estimate of drug-likeness (QED) is 0.535. The fourth-order valence-corrected chi connectivity index (χ4v) is 3.93. The average Bonchev–Trinajstić information content (AvgIpc) is 2.69. The van der Waals surface area contributed by atoms with E-state index < -0.39 is 0 Å². The zero-order valence-corrected chi connectivity index (χ0v) is 11.8. The lowest BCUT2D eigenvalue weighted by Gasteiger charge is -2.38. The maximum Gasteiger partial charge on any atom is 0.0942 e. The lowest BCUT2D eigenvalue weighted by Crippen LogP contribution is -2.40.